The minimum Gasteiger partial charge on any atom is -0.382 e. The Labute approximate surface area is 116 Å². The standard InChI is InChI=1S/C18H21N/c1-3-8-17(4-2)19-18-13-11-16(12-14-18)15-9-6-5-7-10-15/h3,5-7,9-14,17,19H,1,4,8H2,2H3. The van der Waals surface area contributed by atoms with Crippen LogP contribution < -0.4 is 5.32 Å². The second-order valence-electron chi connectivity index (χ2n) is 4.72. The van der Waals surface area contributed by atoms with Crippen molar-refractivity contribution >= 4 is 5.69 Å². The molecule has 0 bridgehead atoms. The average Bonchev–Trinajstić information content (AvgIpc) is 2.48. The molecular formula is C18H21N. The quantitative estimate of drug-likeness (QED) is 0.703. The van der Waals surface area contributed by atoms with Crippen molar-refractivity contribution in [2.24, 2.45) is 0 Å². The molecule has 0 aliphatic rings. The predicted molar refractivity (Wildman–Crippen MR) is 84.4 cm³/mol. The fourth-order valence-corrected chi connectivity index (χ4v) is 2.15. The molecule has 0 aliphatic heterocycles. The van der Waals surface area contributed by atoms with Gasteiger partial charge in [-0.05, 0) is 36.1 Å². The Morgan fingerprint density at radius 1 is 1.00 bits per heavy atom. The summed E-state index contributed by atoms with van der Waals surface area (Å²) < 4.78 is 0. The van der Waals surface area contributed by atoms with Crippen molar-refractivity contribution in [3.8, 4) is 11.1 Å². The van der Waals surface area contributed by atoms with Crippen molar-refractivity contribution in [1.82, 2.24) is 0 Å². The molecule has 1 atom stereocenters. The number of rotatable bonds is 6. The van der Waals surface area contributed by atoms with E-state index in [0.29, 0.717) is 6.04 Å². The number of nitrogens with one attached hydrogen (secondary N) is 1. The molecule has 0 aromatic heterocycles. The van der Waals surface area contributed by atoms with Crippen LogP contribution in [-0.2, 0) is 0 Å². The lowest BCUT2D eigenvalue weighted by Crippen LogP contribution is -2.17. The van der Waals surface area contributed by atoms with E-state index in [9.17, 15) is 0 Å². The van der Waals surface area contributed by atoms with E-state index in [1.807, 2.05) is 12.1 Å². The molecule has 1 N–H and O–H groups in total. The largest absolute Gasteiger partial charge is 0.382 e. The molecule has 0 aliphatic carbocycles. The molecule has 0 heterocycles. The fourth-order valence-electron chi connectivity index (χ4n) is 2.15. The van der Waals surface area contributed by atoms with Gasteiger partial charge in [-0.2, -0.15) is 0 Å². The highest BCUT2D eigenvalue weighted by molar-refractivity contribution is 5.65. The first-order chi connectivity index (χ1) is 9.33. The third kappa shape index (κ3) is 3.72. The van der Waals surface area contributed by atoms with Crippen molar-refractivity contribution in [2.75, 3.05) is 5.32 Å². The SMILES string of the molecule is C=CCC(CC)Nc1ccc(-c2ccccc2)cc1. The van der Waals surface area contributed by atoms with Crippen molar-refractivity contribution in [3.63, 3.8) is 0 Å². The van der Waals surface area contributed by atoms with Gasteiger partial charge in [0.2, 0.25) is 0 Å². The first-order valence-corrected chi connectivity index (χ1v) is 6.86. The second kappa shape index (κ2) is 6.79. The summed E-state index contributed by atoms with van der Waals surface area (Å²) in [4.78, 5) is 0. The number of hydrogen-bond acceptors (Lipinski definition) is 1. The van der Waals surface area contributed by atoms with Crippen LogP contribution in [0.5, 0.6) is 0 Å². The molecule has 0 amide bonds. The van der Waals surface area contributed by atoms with Crippen LogP contribution in [0.1, 0.15) is 19.8 Å². The van der Waals surface area contributed by atoms with Crippen LogP contribution in [0.4, 0.5) is 5.69 Å². The maximum absolute atomic E-state index is 3.80. The third-order valence-electron chi connectivity index (χ3n) is 3.31. The maximum atomic E-state index is 3.80. The van der Waals surface area contributed by atoms with Gasteiger partial charge < -0.3 is 5.32 Å². The highest BCUT2D eigenvalue weighted by Gasteiger charge is 2.03. The normalized spacial score (nSPS) is 11.8. The Kier molecular flexibility index (Phi) is 4.79. The number of benzene rings is 2. The van der Waals surface area contributed by atoms with Crippen LogP contribution in [0, 0.1) is 0 Å². The minimum atomic E-state index is 0.472. The van der Waals surface area contributed by atoms with Crippen LogP contribution in [0.2, 0.25) is 0 Å². The van der Waals surface area contributed by atoms with Crippen LogP contribution in [0.25, 0.3) is 11.1 Å². The molecular weight excluding hydrogens is 230 g/mol. The first kappa shape index (κ1) is 13.4. The molecule has 1 unspecified atom stereocenters. The van der Waals surface area contributed by atoms with E-state index in [1.165, 1.54) is 16.8 Å². The van der Waals surface area contributed by atoms with E-state index in [1.54, 1.807) is 0 Å². The van der Waals surface area contributed by atoms with Gasteiger partial charge in [-0.1, -0.05) is 55.5 Å². The van der Waals surface area contributed by atoms with Crippen molar-refractivity contribution in [1.29, 1.82) is 0 Å². The molecule has 0 fully saturated rings. The highest BCUT2D eigenvalue weighted by Crippen LogP contribution is 2.21. The zero-order valence-electron chi connectivity index (χ0n) is 11.5. The average molecular weight is 251 g/mol. The van der Waals surface area contributed by atoms with Gasteiger partial charge in [-0.3, -0.25) is 0 Å². The zero-order chi connectivity index (χ0) is 13.5. The Morgan fingerprint density at radius 2 is 1.63 bits per heavy atom. The Hall–Kier alpha value is -2.02. The van der Waals surface area contributed by atoms with E-state index in [4.69, 9.17) is 0 Å². The second-order valence-corrected chi connectivity index (χ2v) is 4.72. The summed E-state index contributed by atoms with van der Waals surface area (Å²) >= 11 is 0. The molecule has 0 saturated carbocycles. The van der Waals surface area contributed by atoms with Gasteiger partial charge >= 0.3 is 0 Å². The van der Waals surface area contributed by atoms with E-state index in [0.717, 1.165) is 12.8 Å². The highest BCUT2D eigenvalue weighted by atomic mass is 14.9. The molecule has 1 nitrogen and oxygen atoms in total. The summed E-state index contributed by atoms with van der Waals surface area (Å²) in [7, 11) is 0. The Bertz CT molecular complexity index is 499. The molecule has 1 heteroatoms. The van der Waals surface area contributed by atoms with E-state index in [-0.39, 0.29) is 0 Å². The summed E-state index contributed by atoms with van der Waals surface area (Å²) in [5.74, 6) is 0. The monoisotopic (exact) mass is 251 g/mol. The summed E-state index contributed by atoms with van der Waals surface area (Å²) in [6.45, 7) is 6.00. The van der Waals surface area contributed by atoms with Crippen molar-refractivity contribution in [3.05, 3.63) is 67.3 Å². The summed E-state index contributed by atoms with van der Waals surface area (Å²) in [5, 5.41) is 3.54. The molecule has 2 aromatic carbocycles. The molecule has 0 spiro atoms. The van der Waals surface area contributed by atoms with Gasteiger partial charge in [0.25, 0.3) is 0 Å². The molecule has 0 radical (unpaired) electrons. The van der Waals surface area contributed by atoms with Crippen LogP contribution >= 0.6 is 0 Å². The first-order valence-electron chi connectivity index (χ1n) is 6.86. The molecule has 2 aromatic rings. The molecule has 2 rings (SSSR count). The van der Waals surface area contributed by atoms with Gasteiger partial charge in [0.05, 0.1) is 0 Å². The lowest BCUT2D eigenvalue weighted by Gasteiger charge is -2.16. The van der Waals surface area contributed by atoms with Gasteiger partial charge in [-0.15, -0.1) is 6.58 Å². The summed E-state index contributed by atoms with van der Waals surface area (Å²) in [6.07, 6.45) is 4.07. The van der Waals surface area contributed by atoms with Crippen LogP contribution in [-0.4, -0.2) is 6.04 Å². The van der Waals surface area contributed by atoms with E-state index >= 15 is 0 Å². The molecule has 98 valence electrons. The minimum absolute atomic E-state index is 0.472. The van der Waals surface area contributed by atoms with Crippen molar-refractivity contribution < 1.29 is 0 Å². The fraction of sp³-hybridized carbons (Fsp3) is 0.222. The van der Waals surface area contributed by atoms with Crippen LogP contribution in [0.15, 0.2) is 67.3 Å². The van der Waals surface area contributed by atoms with Gasteiger partial charge in [0, 0.05) is 11.7 Å². The predicted octanol–water partition coefficient (Wildman–Crippen LogP) is 5.12. The zero-order valence-corrected chi connectivity index (χ0v) is 11.5. The molecule has 0 saturated heterocycles. The Balaban J connectivity index is 2.08. The lowest BCUT2D eigenvalue weighted by atomic mass is 10.1. The molecule has 19 heavy (non-hydrogen) atoms. The summed E-state index contributed by atoms with van der Waals surface area (Å²) in [6, 6.07) is 19.5. The Morgan fingerprint density at radius 3 is 2.21 bits per heavy atom. The van der Waals surface area contributed by atoms with Gasteiger partial charge in [0.1, 0.15) is 0 Å². The van der Waals surface area contributed by atoms with E-state index in [2.05, 4.69) is 67.4 Å². The number of hydrogen-bond donors (Lipinski definition) is 1. The van der Waals surface area contributed by atoms with Gasteiger partial charge in [-0.25, -0.2) is 0 Å². The lowest BCUT2D eigenvalue weighted by molar-refractivity contribution is 0.706. The smallest absolute Gasteiger partial charge is 0.0342 e. The number of anilines is 1. The topological polar surface area (TPSA) is 12.0 Å². The summed E-state index contributed by atoms with van der Waals surface area (Å²) in [5.41, 5.74) is 3.68. The van der Waals surface area contributed by atoms with Crippen LogP contribution in [0.3, 0.4) is 0 Å². The van der Waals surface area contributed by atoms with Crippen molar-refractivity contribution in [2.45, 2.75) is 25.8 Å². The van der Waals surface area contributed by atoms with E-state index < -0.39 is 0 Å². The maximum Gasteiger partial charge on any atom is 0.0342 e. The third-order valence-corrected chi connectivity index (χ3v) is 3.31. The van der Waals surface area contributed by atoms with Gasteiger partial charge in [0.15, 0.2) is 0 Å².